The lowest BCUT2D eigenvalue weighted by Crippen LogP contribution is -2.71. The molecule has 32 heavy (non-hydrogen) atoms. The van der Waals surface area contributed by atoms with E-state index in [0.29, 0.717) is 0 Å². The fourth-order valence-corrected chi connectivity index (χ4v) is 5.53. The SMILES string of the molecule is CN(C)[C@@H]1C(=O)C(C(N)=O)=C(O)[C@@]2(O)C(=O)C3=C(O)c4ccccc4[C@@](C)(O)[C@H]3[C@H](O)[C@@H]12. The predicted molar refractivity (Wildman–Crippen MR) is 110 cm³/mol. The Labute approximate surface area is 182 Å². The second-order valence-corrected chi connectivity index (χ2v) is 8.91. The largest absolute Gasteiger partial charge is 0.508 e. The molecule has 4 rings (SSSR count). The minimum atomic E-state index is -2.94. The van der Waals surface area contributed by atoms with Gasteiger partial charge in [0.05, 0.1) is 35.2 Å². The summed E-state index contributed by atoms with van der Waals surface area (Å²) in [4.78, 5) is 39.9. The van der Waals surface area contributed by atoms with E-state index in [9.17, 15) is 39.9 Å². The Balaban J connectivity index is 2.09. The average molecular weight is 444 g/mol. The lowest BCUT2D eigenvalue weighted by molar-refractivity contribution is -0.181. The first-order valence-electron chi connectivity index (χ1n) is 9.94. The number of rotatable bonds is 2. The maximum absolute atomic E-state index is 13.7. The Morgan fingerprint density at radius 3 is 2.28 bits per heavy atom. The van der Waals surface area contributed by atoms with Crippen LogP contribution in [0.5, 0.6) is 0 Å². The molecule has 10 heteroatoms. The van der Waals surface area contributed by atoms with Crippen molar-refractivity contribution in [3.05, 3.63) is 52.3 Å². The number of fused-ring (bicyclic) bond motifs is 3. The van der Waals surface area contributed by atoms with Gasteiger partial charge < -0.3 is 31.3 Å². The van der Waals surface area contributed by atoms with Gasteiger partial charge in [0.1, 0.15) is 17.1 Å². The van der Waals surface area contributed by atoms with Crippen LogP contribution in [-0.4, -0.2) is 79.7 Å². The summed E-state index contributed by atoms with van der Waals surface area (Å²) < 4.78 is 0. The molecule has 1 amide bonds. The molecule has 0 heterocycles. The zero-order chi connectivity index (χ0) is 23.9. The van der Waals surface area contributed by atoms with E-state index >= 15 is 0 Å². The van der Waals surface area contributed by atoms with Crippen molar-refractivity contribution < 1.29 is 39.9 Å². The van der Waals surface area contributed by atoms with Gasteiger partial charge in [-0.05, 0) is 26.6 Å². The summed E-state index contributed by atoms with van der Waals surface area (Å²) in [6.45, 7) is 1.35. The molecule has 1 aromatic carbocycles. The summed E-state index contributed by atoms with van der Waals surface area (Å²) in [5.41, 5.74) is -0.672. The maximum atomic E-state index is 13.7. The number of likely N-dealkylation sites (N-methyl/N-ethyl adjacent to an activating group) is 1. The molecule has 0 aromatic heterocycles. The lowest BCUT2D eigenvalue weighted by Gasteiger charge is -2.55. The number of aliphatic hydroxyl groups excluding tert-OH is 3. The Kier molecular flexibility index (Phi) is 4.65. The van der Waals surface area contributed by atoms with Crippen molar-refractivity contribution in [2.75, 3.05) is 14.1 Å². The first-order valence-corrected chi connectivity index (χ1v) is 9.94. The van der Waals surface area contributed by atoms with Crippen LogP contribution in [0.4, 0.5) is 0 Å². The van der Waals surface area contributed by atoms with E-state index in [4.69, 9.17) is 5.73 Å². The number of nitrogens with zero attached hydrogens (tertiary/aromatic N) is 1. The molecule has 10 nitrogen and oxygen atoms in total. The van der Waals surface area contributed by atoms with E-state index in [1.54, 1.807) is 12.1 Å². The van der Waals surface area contributed by atoms with Crippen molar-refractivity contribution >= 4 is 23.2 Å². The molecule has 170 valence electrons. The Bertz CT molecular complexity index is 1130. The van der Waals surface area contributed by atoms with Gasteiger partial charge in [-0.25, -0.2) is 0 Å². The highest BCUT2D eigenvalue weighted by molar-refractivity contribution is 6.24. The fourth-order valence-electron chi connectivity index (χ4n) is 5.53. The molecule has 0 saturated heterocycles. The molecule has 1 fully saturated rings. The molecular formula is C22H24N2O8. The summed E-state index contributed by atoms with van der Waals surface area (Å²) in [6, 6.07) is 4.72. The first kappa shape index (κ1) is 22.2. The molecule has 0 unspecified atom stereocenters. The molecular weight excluding hydrogens is 420 g/mol. The standard InChI is InChI=1S/C22H24N2O8/c1-21(31)9-7-5-4-6-8(9)15(25)10-12(21)17(27)13-14(24(2)3)16(26)11(20(23)30)19(29)22(13,32)18(10)28/h4-7,12-14,17,25,27,29,31-32H,1-3H3,(H2,23,30)/t12-,13-,14+,17+,21-,22+/m1/s1. The van der Waals surface area contributed by atoms with Gasteiger partial charge in [0.15, 0.2) is 11.4 Å². The second kappa shape index (κ2) is 6.72. The molecule has 3 aliphatic rings. The van der Waals surface area contributed by atoms with Gasteiger partial charge in [-0.2, -0.15) is 0 Å². The van der Waals surface area contributed by atoms with Crippen molar-refractivity contribution in [2.45, 2.75) is 30.3 Å². The van der Waals surface area contributed by atoms with Gasteiger partial charge in [-0.15, -0.1) is 0 Å². The summed E-state index contributed by atoms with van der Waals surface area (Å²) in [6.07, 6.45) is -1.79. The third-order valence-electron chi connectivity index (χ3n) is 6.94. The molecule has 0 aliphatic heterocycles. The van der Waals surface area contributed by atoms with Crippen molar-refractivity contribution in [2.24, 2.45) is 17.6 Å². The number of hydrogen-bond acceptors (Lipinski definition) is 9. The molecule has 6 atom stereocenters. The molecule has 0 radical (unpaired) electrons. The summed E-state index contributed by atoms with van der Waals surface area (Å²) >= 11 is 0. The van der Waals surface area contributed by atoms with Gasteiger partial charge in [-0.1, -0.05) is 24.3 Å². The molecule has 0 spiro atoms. The molecule has 1 aromatic rings. The van der Waals surface area contributed by atoms with Gasteiger partial charge in [0.25, 0.3) is 5.91 Å². The number of nitrogens with two attached hydrogens (primary N) is 1. The monoisotopic (exact) mass is 444 g/mol. The first-order chi connectivity index (χ1) is 14.8. The van der Waals surface area contributed by atoms with Gasteiger partial charge in [0, 0.05) is 5.56 Å². The second-order valence-electron chi connectivity index (χ2n) is 8.91. The van der Waals surface area contributed by atoms with E-state index in [1.165, 1.54) is 38.1 Å². The van der Waals surface area contributed by atoms with Crippen LogP contribution < -0.4 is 5.73 Å². The zero-order valence-electron chi connectivity index (χ0n) is 17.6. The average Bonchev–Trinajstić information content (AvgIpc) is 2.70. The van der Waals surface area contributed by atoms with Crippen molar-refractivity contribution in [1.82, 2.24) is 4.90 Å². The van der Waals surface area contributed by atoms with Crippen LogP contribution in [0.15, 0.2) is 41.2 Å². The van der Waals surface area contributed by atoms with Gasteiger partial charge in [-0.3, -0.25) is 19.3 Å². The Morgan fingerprint density at radius 2 is 1.72 bits per heavy atom. The smallest absolute Gasteiger partial charge is 0.255 e. The molecule has 3 aliphatic carbocycles. The summed E-state index contributed by atoms with van der Waals surface area (Å²) in [5.74, 6) is -8.53. The zero-order valence-corrected chi connectivity index (χ0v) is 17.6. The number of hydrogen-bond donors (Lipinski definition) is 6. The predicted octanol–water partition coefficient (Wildman–Crippen LogP) is -1.11. The van der Waals surface area contributed by atoms with E-state index < -0.39 is 75.3 Å². The summed E-state index contributed by atoms with van der Waals surface area (Å²) in [5, 5.41) is 56.0. The quantitative estimate of drug-likeness (QED) is 0.308. The van der Waals surface area contributed by atoms with Crippen LogP contribution in [0.1, 0.15) is 18.1 Å². The van der Waals surface area contributed by atoms with Crippen LogP contribution in [0, 0.1) is 11.8 Å². The highest BCUT2D eigenvalue weighted by atomic mass is 16.4. The van der Waals surface area contributed by atoms with Gasteiger partial charge in [0.2, 0.25) is 5.78 Å². The number of aliphatic hydroxyl groups is 5. The molecule has 7 N–H and O–H groups in total. The van der Waals surface area contributed by atoms with Crippen molar-refractivity contribution in [1.29, 1.82) is 0 Å². The molecule has 0 bridgehead atoms. The number of primary amides is 1. The van der Waals surface area contributed by atoms with E-state index in [0.717, 1.165) is 0 Å². The lowest BCUT2D eigenvalue weighted by atomic mass is 9.53. The van der Waals surface area contributed by atoms with E-state index in [-0.39, 0.29) is 11.1 Å². The third kappa shape index (κ3) is 2.46. The highest BCUT2D eigenvalue weighted by Gasteiger charge is 2.69. The Hall–Kier alpha value is -3.05. The number of benzene rings is 1. The fraction of sp³-hybridized carbons (Fsp3) is 0.409. The van der Waals surface area contributed by atoms with Crippen LogP contribution in [0.2, 0.25) is 0 Å². The van der Waals surface area contributed by atoms with Gasteiger partial charge >= 0.3 is 0 Å². The van der Waals surface area contributed by atoms with Crippen LogP contribution >= 0.6 is 0 Å². The minimum Gasteiger partial charge on any atom is -0.508 e. The number of ketones is 2. The number of Topliss-reactive ketones (excluding diaryl/α,β-unsaturated/α-hetero) is 2. The topological polar surface area (TPSA) is 182 Å². The van der Waals surface area contributed by atoms with E-state index in [2.05, 4.69) is 0 Å². The number of carbonyl (C=O) groups is 3. The van der Waals surface area contributed by atoms with Crippen LogP contribution in [0.25, 0.3) is 5.76 Å². The summed E-state index contributed by atoms with van der Waals surface area (Å²) in [7, 11) is 2.86. The van der Waals surface area contributed by atoms with E-state index in [1.807, 2.05) is 0 Å². The number of carbonyl (C=O) groups excluding carboxylic acids is 3. The minimum absolute atomic E-state index is 0.112. The normalized spacial score (nSPS) is 36.7. The van der Waals surface area contributed by atoms with Crippen LogP contribution in [-0.2, 0) is 20.0 Å². The maximum Gasteiger partial charge on any atom is 0.255 e. The van der Waals surface area contributed by atoms with Crippen LogP contribution in [0.3, 0.4) is 0 Å². The molecule has 1 saturated carbocycles. The third-order valence-corrected chi connectivity index (χ3v) is 6.94. The number of amides is 1. The Morgan fingerprint density at radius 1 is 1.12 bits per heavy atom. The van der Waals surface area contributed by atoms with Crippen molar-refractivity contribution in [3.63, 3.8) is 0 Å². The highest BCUT2D eigenvalue weighted by Crippen LogP contribution is 2.56. The van der Waals surface area contributed by atoms with Crippen molar-refractivity contribution in [3.8, 4) is 0 Å².